The van der Waals surface area contributed by atoms with Gasteiger partial charge in [-0.05, 0) is 24.6 Å². The third-order valence-corrected chi connectivity index (χ3v) is 5.79. The molecule has 0 bridgehead atoms. The van der Waals surface area contributed by atoms with Gasteiger partial charge in [0.25, 0.3) is 17.4 Å². The van der Waals surface area contributed by atoms with Crippen molar-refractivity contribution in [1.29, 1.82) is 0 Å². The normalized spacial score (nSPS) is 14.4. The van der Waals surface area contributed by atoms with Crippen molar-refractivity contribution in [3.8, 4) is 5.75 Å². The summed E-state index contributed by atoms with van der Waals surface area (Å²) in [7, 11) is 3.25. The molecule has 2 aromatic carbocycles. The van der Waals surface area contributed by atoms with Crippen LogP contribution in [-0.4, -0.2) is 59.5 Å². The molecule has 7 nitrogen and oxygen atoms in total. The van der Waals surface area contributed by atoms with E-state index in [-0.39, 0.29) is 17.4 Å². The smallest absolute Gasteiger partial charge is 0.257 e. The molecule has 160 valence electrons. The minimum absolute atomic E-state index is 0.106. The van der Waals surface area contributed by atoms with Gasteiger partial charge in [0.2, 0.25) is 0 Å². The Kier molecular flexibility index (Phi) is 5.75. The molecule has 0 atom stereocenters. The Morgan fingerprint density at radius 2 is 1.45 bits per heavy atom. The minimum Gasteiger partial charge on any atom is -0.496 e. The van der Waals surface area contributed by atoms with E-state index in [1.807, 2.05) is 36.4 Å². The van der Waals surface area contributed by atoms with Crippen LogP contribution in [0.1, 0.15) is 27.1 Å². The Labute approximate surface area is 180 Å². The molecule has 0 radical (unpaired) electrons. The first kappa shape index (κ1) is 20.7. The van der Waals surface area contributed by atoms with Gasteiger partial charge >= 0.3 is 0 Å². The van der Waals surface area contributed by atoms with Gasteiger partial charge in [-0.1, -0.05) is 30.3 Å². The number of pyridine rings is 1. The van der Waals surface area contributed by atoms with Gasteiger partial charge in [-0.15, -0.1) is 0 Å². The lowest BCUT2D eigenvalue weighted by molar-refractivity contribution is 0.0717. The second-order valence-electron chi connectivity index (χ2n) is 7.61. The van der Waals surface area contributed by atoms with E-state index in [1.165, 1.54) is 6.07 Å². The Morgan fingerprint density at radius 1 is 0.839 bits per heavy atom. The third-order valence-electron chi connectivity index (χ3n) is 5.79. The summed E-state index contributed by atoms with van der Waals surface area (Å²) in [6.45, 7) is 1.91. The highest BCUT2D eigenvalue weighted by molar-refractivity contribution is 6.06. The maximum atomic E-state index is 13.3. The first-order valence-corrected chi connectivity index (χ1v) is 10.3. The zero-order valence-electron chi connectivity index (χ0n) is 17.7. The van der Waals surface area contributed by atoms with Gasteiger partial charge < -0.3 is 19.1 Å². The predicted octanol–water partition coefficient (Wildman–Crippen LogP) is 2.54. The number of hydrogen-bond acceptors (Lipinski definition) is 4. The fourth-order valence-corrected chi connectivity index (χ4v) is 4.07. The van der Waals surface area contributed by atoms with Crippen molar-refractivity contribution in [2.75, 3.05) is 33.3 Å². The Bertz CT molecular complexity index is 1200. The number of aromatic nitrogens is 1. The average Bonchev–Trinajstić information content (AvgIpc) is 3.07. The van der Waals surface area contributed by atoms with Gasteiger partial charge in [0.15, 0.2) is 0 Å². The molecule has 31 heavy (non-hydrogen) atoms. The van der Waals surface area contributed by atoms with E-state index >= 15 is 0 Å². The number of nitrogens with zero attached hydrogens (tertiary/aromatic N) is 3. The van der Waals surface area contributed by atoms with Crippen LogP contribution in [0, 0.1) is 0 Å². The zero-order chi connectivity index (χ0) is 22.0. The van der Waals surface area contributed by atoms with Crippen molar-refractivity contribution in [3.63, 3.8) is 0 Å². The lowest BCUT2D eigenvalue weighted by Crippen LogP contribution is -2.38. The van der Waals surface area contributed by atoms with Crippen LogP contribution in [0.3, 0.4) is 0 Å². The number of amides is 2. The van der Waals surface area contributed by atoms with Crippen LogP contribution >= 0.6 is 0 Å². The van der Waals surface area contributed by atoms with E-state index in [1.54, 1.807) is 40.7 Å². The summed E-state index contributed by atoms with van der Waals surface area (Å²) < 4.78 is 6.87. The molecule has 1 fully saturated rings. The number of benzene rings is 2. The summed E-state index contributed by atoms with van der Waals surface area (Å²) in [6, 6.07) is 16.0. The topological polar surface area (TPSA) is 71.8 Å². The third kappa shape index (κ3) is 3.91. The Hall–Kier alpha value is -3.61. The lowest BCUT2D eigenvalue weighted by Gasteiger charge is -2.23. The molecule has 0 N–H and O–H groups in total. The molecule has 4 rings (SSSR count). The van der Waals surface area contributed by atoms with Crippen molar-refractivity contribution in [1.82, 2.24) is 14.4 Å². The molecule has 7 heteroatoms. The Morgan fingerprint density at radius 3 is 2.16 bits per heavy atom. The fraction of sp³-hybridized carbons (Fsp3) is 0.292. The van der Waals surface area contributed by atoms with Gasteiger partial charge in [-0.3, -0.25) is 14.4 Å². The summed E-state index contributed by atoms with van der Waals surface area (Å²) in [6.07, 6.45) is 0.662. The average molecular weight is 419 g/mol. The molecular formula is C24H25N3O4. The SMILES string of the molecule is COc1ccccc1C(=O)N1CCCN(C(=O)c2cc(=O)n(C)c3ccccc23)CC1. The Balaban J connectivity index is 1.57. The molecule has 2 amide bonds. The largest absolute Gasteiger partial charge is 0.496 e. The number of fused-ring (bicyclic) bond motifs is 1. The van der Waals surface area contributed by atoms with Crippen LogP contribution in [0.4, 0.5) is 0 Å². The molecule has 1 aliphatic rings. The van der Waals surface area contributed by atoms with E-state index in [0.29, 0.717) is 49.5 Å². The fourth-order valence-electron chi connectivity index (χ4n) is 4.07. The molecule has 0 aliphatic carbocycles. The number of rotatable bonds is 3. The molecule has 2 heterocycles. The van der Waals surface area contributed by atoms with Crippen LogP contribution in [0.15, 0.2) is 59.4 Å². The van der Waals surface area contributed by atoms with Gasteiger partial charge in [-0.2, -0.15) is 0 Å². The highest BCUT2D eigenvalue weighted by Gasteiger charge is 2.26. The van der Waals surface area contributed by atoms with E-state index in [0.717, 1.165) is 10.9 Å². The van der Waals surface area contributed by atoms with Crippen LogP contribution in [0.5, 0.6) is 5.75 Å². The van der Waals surface area contributed by atoms with E-state index < -0.39 is 0 Å². The highest BCUT2D eigenvalue weighted by Crippen LogP contribution is 2.22. The molecule has 0 spiro atoms. The molecule has 1 saturated heterocycles. The first-order valence-electron chi connectivity index (χ1n) is 10.3. The number of aryl methyl sites for hydroxylation is 1. The summed E-state index contributed by atoms with van der Waals surface area (Å²) in [5, 5.41) is 0.751. The monoisotopic (exact) mass is 419 g/mol. The van der Waals surface area contributed by atoms with Crippen LogP contribution in [-0.2, 0) is 7.05 Å². The van der Waals surface area contributed by atoms with Crippen molar-refractivity contribution in [2.24, 2.45) is 7.05 Å². The quantitative estimate of drug-likeness (QED) is 0.654. The number of methoxy groups -OCH3 is 1. The van der Waals surface area contributed by atoms with E-state index in [2.05, 4.69) is 0 Å². The summed E-state index contributed by atoms with van der Waals surface area (Å²) >= 11 is 0. The van der Waals surface area contributed by atoms with Crippen LogP contribution < -0.4 is 10.3 Å². The van der Waals surface area contributed by atoms with E-state index in [9.17, 15) is 14.4 Å². The number of carbonyl (C=O) groups is 2. The van der Waals surface area contributed by atoms with Gasteiger partial charge in [0.1, 0.15) is 5.75 Å². The standard InChI is InChI=1S/C24H25N3O4/c1-25-20-10-5-3-8-17(20)19(16-22(25)28)24(30)27-13-7-12-26(14-15-27)23(29)18-9-4-6-11-21(18)31-2/h3-6,8-11,16H,7,12-15H2,1-2H3. The molecule has 1 aromatic heterocycles. The van der Waals surface area contributed by atoms with Crippen molar-refractivity contribution in [2.45, 2.75) is 6.42 Å². The van der Waals surface area contributed by atoms with Gasteiger partial charge in [0, 0.05) is 44.7 Å². The maximum Gasteiger partial charge on any atom is 0.257 e. The minimum atomic E-state index is -0.218. The number of carbonyl (C=O) groups excluding carboxylic acids is 2. The maximum absolute atomic E-state index is 13.3. The van der Waals surface area contributed by atoms with Crippen molar-refractivity contribution in [3.05, 3.63) is 76.1 Å². The molecule has 0 saturated carbocycles. The lowest BCUT2D eigenvalue weighted by atomic mass is 10.1. The summed E-state index contributed by atoms with van der Waals surface area (Å²) in [4.78, 5) is 42.3. The number of ether oxygens (including phenoxy) is 1. The molecule has 3 aromatic rings. The predicted molar refractivity (Wildman–Crippen MR) is 119 cm³/mol. The van der Waals surface area contributed by atoms with Crippen molar-refractivity contribution >= 4 is 22.7 Å². The van der Waals surface area contributed by atoms with Gasteiger partial charge in [0.05, 0.1) is 23.8 Å². The van der Waals surface area contributed by atoms with Crippen LogP contribution in [0.2, 0.25) is 0 Å². The second-order valence-corrected chi connectivity index (χ2v) is 7.61. The molecular weight excluding hydrogens is 394 g/mol. The number of para-hydroxylation sites is 2. The highest BCUT2D eigenvalue weighted by atomic mass is 16.5. The summed E-state index contributed by atoms with van der Waals surface area (Å²) in [5.74, 6) is 0.252. The van der Waals surface area contributed by atoms with Gasteiger partial charge in [-0.25, -0.2) is 0 Å². The molecule has 0 unspecified atom stereocenters. The first-order chi connectivity index (χ1) is 15.0. The van der Waals surface area contributed by atoms with Crippen LogP contribution in [0.25, 0.3) is 10.9 Å². The number of hydrogen-bond donors (Lipinski definition) is 0. The molecule has 1 aliphatic heterocycles. The second kappa shape index (κ2) is 8.63. The summed E-state index contributed by atoms with van der Waals surface area (Å²) in [5.41, 5.74) is 1.43. The van der Waals surface area contributed by atoms with E-state index in [4.69, 9.17) is 4.74 Å². The zero-order valence-corrected chi connectivity index (χ0v) is 17.7. The van der Waals surface area contributed by atoms with Crippen molar-refractivity contribution < 1.29 is 14.3 Å².